The summed E-state index contributed by atoms with van der Waals surface area (Å²) < 4.78 is 40.6. The predicted molar refractivity (Wildman–Crippen MR) is 71.7 cm³/mol. The van der Waals surface area contributed by atoms with Crippen molar-refractivity contribution < 1.29 is 22.7 Å². The highest BCUT2D eigenvalue weighted by Gasteiger charge is 2.49. The van der Waals surface area contributed by atoms with Gasteiger partial charge in [-0.05, 0) is 32.2 Å². The molecule has 0 aromatic heterocycles. The predicted octanol–water partition coefficient (Wildman–Crippen LogP) is 1.85. The van der Waals surface area contributed by atoms with E-state index in [2.05, 4.69) is 15.4 Å². The highest BCUT2D eigenvalue weighted by molar-refractivity contribution is 5.84. The van der Waals surface area contributed by atoms with Gasteiger partial charge in [-0.25, -0.2) is 0 Å². The number of rotatable bonds is 5. The zero-order valence-corrected chi connectivity index (χ0v) is 12.3. The number of nitrogens with one attached hydrogen (secondary N) is 2. The SMILES string of the molecule is CC(COCC(F)(F)F)NC(=O)[C@@]12CCCC[C@H]1CNC2. The molecule has 0 bridgehead atoms. The van der Waals surface area contributed by atoms with Crippen molar-refractivity contribution in [1.29, 1.82) is 0 Å². The highest BCUT2D eigenvalue weighted by Crippen LogP contribution is 2.43. The molecule has 0 spiro atoms. The summed E-state index contributed by atoms with van der Waals surface area (Å²) in [5.74, 6) is 0.301. The first kappa shape index (κ1) is 16.5. The van der Waals surface area contributed by atoms with Gasteiger partial charge in [-0.3, -0.25) is 4.79 Å². The van der Waals surface area contributed by atoms with E-state index in [0.717, 1.165) is 32.2 Å². The molecule has 1 saturated heterocycles. The van der Waals surface area contributed by atoms with Crippen LogP contribution in [-0.2, 0) is 9.53 Å². The van der Waals surface area contributed by atoms with E-state index < -0.39 is 18.8 Å². The Labute approximate surface area is 122 Å². The third-order valence-corrected chi connectivity index (χ3v) is 4.50. The fourth-order valence-corrected chi connectivity index (χ4v) is 3.45. The quantitative estimate of drug-likeness (QED) is 0.815. The maximum Gasteiger partial charge on any atom is 0.411 e. The molecule has 1 aliphatic carbocycles. The average molecular weight is 308 g/mol. The Hall–Kier alpha value is -0.820. The zero-order valence-electron chi connectivity index (χ0n) is 12.3. The normalized spacial score (nSPS) is 30.8. The van der Waals surface area contributed by atoms with Crippen LogP contribution in [0.15, 0.2) is 0 Å². The Bertz CT molecular complexity index is 376. The third-order valence-electron chi connectivity index (χ3n) is 4.50. The molecule has 1 unspecified atom stereocenters. The van der Waals surface area contributed by atoms with Gasteiger partial charge < -0.3 is 15.4 Å². The number of hydrogen-bond donors (Lipinski definition) is 2. The van der Waals surface area contributed by atoms with E-state index in [4.69, 9.17) is 0 Å². The molecule has 2 fully saturated rings. The Morgan fingerprint density at radius 2 is 2.24 bits per heavy atom. The molecule has 2 N–H and O–H groups in total. The molecule has 122 valence electrons. The number of carbonyl (C=O) groups excluding carboxylic acids is 1. The van der Waals surface area contributed by atoms with E-state index in [-0.39, 0.29) is 17.9 Å². The minimum Gasteiger partial charge on any atom is -0.370 e. The topological polar surface area (TPSA) is 50.4 Å². The lowest BCUT2D eigenvalue weighted by molar-refractivity contribution is -0.175. The summed E-state index contributed by atoms with van der Waals surface area (Å²) in [5.41, 5.74) is -0.378. The fraction of sp³-hybridized carbons (Fsp3) is 0.929. The highest BCUT2D eigenvalue weighted by atomic mass is 19.4. The summed E-state index contributed by atoms with van der Waals surface area (Å²) in [4.78, 5) is 12.5. The van der Waals surface area contributed by atoms with E-state index in [1.165, 1.54) is 0 Å². The van der Waals surface area contributed by atoms with Crippen LogP contribution in [-0.4, -0.2) is 44.4 Å². The monoisotopic (exact) mass is 308 g/mol. The average Bonchev–Trinajstić information content (AvgIpc) is 2.81. The van der Waals surface area contributed by atoms with Crippen LogP contribution in [0.2, 0.25) is 0 Å². The summed E-state index contributed by atoms with van der Waals surface area (Å²) in [6.07, 6.45) is -0.256. The molecule has 1 aliphatic heterocycles. The summed E-state index contributed by atoms with van der Waals surface area (Å²) in [7, 11) is 0. The van der Waals surface area contributed by atoms with E-state index in [0.29, 0.717) is 12.5 Å². The van der Waals surface area contributed by atoms with Crippen LogP contribution in [0.25, 0.3) is 0 Å². The van der Waals surface area contributed by atoms with E-state index in [9.17, 15) is 18.0 Å². The zero-order chi connectivity index (χ0) is 15.5. The first-order valence-electron chi connectivity index (χ1n) is 7.50. The maximum absolute atomic E-state index is 12.5. The Kier molecular flexibility index (Phi) is 5.14. The molecule has 2 aliphatic rings. The van der Waals surface area contributed by atoms with Crippen LogP contribution in [0.5, 0.6) is 0 Å². The third kappa shape index (κ3) is 4.10. The lowest BCUT2D eigenvalue weighted by Gasteiger charge is -2.37. The van der Waals surface area contributed by atoms with Gasteiger partial charge in [0.1, 0.15) is 6.61 Å². The van der Waals surface area contributed by atoms with Gasteiger partial charge in [-0.1, -0.05) is 12.8 Å². The Morgan fingerprint density at radius 3 is 2.95 bits per heavy atom. The number of halogens is 3. The molecule has 7 heteroatoms. The smallest absolute Gasteiger partial charge is 0.370 e. The van der Waals surface area contributed by atoms with Crippen molar-refractivity contribution in [2.75, 3.05) is 26.3 Å². The second-order valence-corrected chi connectivity index (χ2v) is 6.23. The number of hydrogen-bond acceptors (Lipinski definition) is 3. The number of ether oxygens (including phenoxy) is 1. The molecule has 3 atom stereocenters. The van der Waals surface area contributed by atoms with E-state index >= 15 is 0 Å². The second-order valence-electron chi connectivity index (χ2n) is 6.23. The summed E-state index contributed by atoms with van der Waals surface area (Å²) in [6, 6.07) is -0.419. The molecule has 1 amide bonds. The lowest BCUT2D eigenvalue weighted by atomic mass is 9.67. The van der Waals surface area contributed by atoms with Gasteiger partial charge in [0.05, 0.1) is 12.0 Å². The van der Waals surface area contributed by atoms with Crippen LogP contribution in [0, 0.1) is 11.3 Å². The molecule has 0 aromatic carbocycles. The van der Waals surface area contributed by atoms with Crippen molar-refractivity contribution in [2.24, 2.45) is 11.3 Å². The number of fused-ring (bicyclic) bond motifs is 1. The summed E-state index contributed by atoms with van der Waals surface area (Å²) in [5, 5.41) is 6.11. The molecule has 0 aromatic rings. The van der Waals surface area contributed by atoms with Crippen molar-refractivity contribution in [3.05, 3.63) is 0 Å². The van der Waals surface area contributed by atoms with Gasteiger partial charge in [0.2, 0.25) is 5.91 Å². The minimum atomic E-state index is -4.33. The van der Waals surface area contributed by atoms with Crippen LogP contribution < -0.4 is 10.6 Å². The molecule has 0 radical (unpaired) electrons. The van der Waals surface area contributed by atoms with Crippen molar-refractivity contribution in [3.63, 3.8) is 0 Å². The van der Waals surface area contributed by atoms with Crippen molar-refractivity contribution in [3.8, 4) is 0 Å². The second kappa shape index (κ2) is 6.52. The number of alkyl halides is 3. The molecule has 21 heavy (non-hydrogen) atoms. The lowest BCUT2D eigenvalue weighted by Crippen LogP contribution is -2.51. The van der Waals surface area contributed by atoms with E-state index in [1.807, 2.05) is 0 Å². The Morgan fingerprint density at radius 1 is 1.48 bits per heavy atom. The van der Waals surface area contributed by atoms with Gasteiger partial charge in [-0.15, -0.1) is 0 Å². The molecule has 4 nitrogen and oxygen atoms in total. The molecular formula is C14H23F3N2O2. The minimum absolute atomic E-state index is 0.0414. The van der Waals surface area contributed by atoms with Gasteiger partial charge in [-0.2, -0.15) is 13.2 Å². The molecule has 2 rings (SSSR count). The number of amides is 1. The molecule has 1 saturated carbocycles. The summed E-state index contributed by atoms with van der Waals surface area (Å²) in [6.45, 7) is 1.79. The summed E-state index contributed by atoms with van der Waals surface area (Å²) >= 11 is 0. The first-order valence-corrected chi connectivity index (χ1v) is 7.50. The Balaban J connectivity index is 1.83. The van der Waals surface area contributed by atoms with E-state index in [1.54, 1.807) is 6.92 Å². The van der Waals surface area contributed by atoms with Crippen LogP contribution in [0.3, 0.4) is 0 Å². The van der Waals surface area contributed by atoms with Crippen molar-refractivity contribution in [1.82, 2.24) is 10.6 Å². The number of carbonyl (C=O) groups is 1. The van der Waals surface area contributed by atoms with Gasteiger partial charge in [0, 0.05) is 12.6 Å². The standard InChI is InChI=1S/C14H23F3N2O2/c1-10(7-21-9-14(15,16)17)19-12(20)13-5-3-2-4-11(13)6-18-8-13/h10-11,18H,2-9H2,1H3,(H,19,20)/t10?,11-,13+/m0/s1. The van der Waals surface area contributed by atoms with Gasteiger partial charge >= 0.3 is 6.18 Å². The van der Waals surface area contributed by atoms with Crippen LogP contribution in [0.4, 0.5) is 13.2 Å². The van der Waals surface area contributed by atoms with Gasteiger partial charge in [0.15, 0.2) is 0 Å². The first-order chi connectivity index (χ1) is 9.83. The van der Waals surface area contributed by atoms with Crippen molar-refractivity contribution >= 4 is 5.91 Å². The fourth-order valence-electron chi connectivity index (χ4n) is 3.45. The molecule has 1 heterocycles. The van der Waals surface area contributed by atoms with Crippen molar-refractivity contribution in [2.45, 2.75) is 44.8 Å². The largest absolute Gasteiger partial charge is 0.411 e. The maximum atomic E-state index is 12.5. The van der Waals surface area contributed by atoms with Crippen LogP contribution in [0.1, 0.15) is 32.6 Å². The molecular weight excluding hydrogens is 285 g/mol. The van der Waals surface area contributed by atoms with Gasteiger partial charge in [0.25, 0.3) is 0 Å². The van der Waals surface area contributed by atoms with Crippen LogP contribution >= 0.6 is 0 Å².